The smallest absolute Gasteiger partial charge is 0.290 e. The first kappa shape index (κ1) is 13.3. The fourth-order valence-corrected chi connectivity index (χ4v) is 2.85. The van der Waals surface area contributed by atoms with Crippen molar-refractivity contribution in [3.8, 4) is 0 Å². The molecule has 2 unspecified atom stereocenters. The van der Waals surface area contributed by atoms with Gasteiger partial charge in [0.25, 0.3) is 6.47 Å². The summed E-state index contributed by atoms with van der Waals surface area (Å²) in [7, 11) is 0. The molecule has 0 saturated carbocycles. The van der Waals surface area contributed by atoms with E-state index in [4.69, 9.17) is 14.6 Å². The van der Waals surface area contributed by atoms with Crippen LogP contribution in [0.4, 0.5) is 0 Å². The molecule has 0 aromatic carbocycles. The van der Waals surface area contributed by atoms with E-state index in [1.807, 2.05) is 6.92 Å². The van der Waals surface area contributed by atoms with Gasteiger partial charge in [-0.15, -0.1) is 0 Å². The first-order valence-corrected chi connectivity index (χ1v) is 6.30. The molecule has 0 aliphatic carbocycles. The summed E-state index contributed by atoms with van der Waals surface area (Å²) in [6.07, 6.45) is 1.16. The molecular weight excluding hydrogens is 236 g/mol. The Balaban J connectivity index is 0.000000367. The van der Waals surface area contributed by atoms with Gasteiger partial charge in [0.2, 0.25) is 5.91 Å². The summed E-state index contributed by atoms with van der Waals surface area (Å²) in [5.74, 6) is 0.320. The third-order valence-corrected chi connectivity index (χ3v) is 3.96. The number of carbonyl (C=O) groups is 2. The Bertz CT molecular complexity index is 330. The predicted molar refractivity (Wildman–Crippen MR) is 64.2 cm³/mol. The molecule has 0 aromatic rings. The topological polar surface area (TPSA) is 70.1 Å². The lowest BCUT2D eigenvalue weighted by molar-refractivity contribution is -0.172. The van der Waals surface area contributed by atoms with E-state index >= 15 is 0 Å². The summed E-state index contributed by atoms with van der Waals surface area (Å²) in [5.41, 5.74) is -0.217. The number of rotatable bonds is 1. The summed E-state index contributed by atoms with van der Waals surface area (Å²) in [6.45, 7) is 7.22. The molecule has 3 rings (SSSR count). The van der Waals surface area contributed by atoms with Crippen LogP contribution < -0.4 is 0 Å². The zero-order valence-electron chi connectivity index (χ0n) is 10.7. The third-order valence-electron chi connectivity index (χ3n) is 3.96. The highest BCUT2D eigenvalue weighted by atomic mass is 16.5. The molecule has 1 N–H and O–H groups in total. The lowest BCUT2D eigenvalue weighted by Crippen LogP contribution is -2.59. The SMILES string of the molecule is CC1(C(=O)N2CCN3CCC2C3)COC1.O=CO. The van der Waals surface area contributed by atoms with E-state index in [1.165, 1.54) is 6.54 Å². The van der Waals surface area contributed by atoms with Crippen molar-refractivity contribution in [2.75, 3.05) is 39.4 Å². The minimum atomic E-state index is -0.250. The third kappa shape index (κ3) is 2.35. The van der Waals surface area contributed by atoms with Crippen molar-refractivity contribution in [3.05, 3.63) is 0 Å². The van der Waals surface area contributed by atoms with Gasteiger partial charge in [-0.2, -0.15) is 0 Å². The molecule has 18 heavy (non-hydrogen) atoms. The molecule has 3 heterocycles. The van der Waals surface area contributed by atoms with Gasteiger partial charge in [0.15, 0.2) is 0 Å². The molecule has 102 valence electrons. The molecule has 2 atom stereocenters. The largest absolute Gasteiger partial charge is 0.483 e. The summed E-state index contributed by atoms with van der Waals surface area (Å²) < 4.78 is 5.17. The summed E-state index contributed by atoms with van der Waals surface area (Å²) in [4.78, 5) is 25.2. The summed E-state index contributed by atoms with van der Waals surface area (Å²) in [5, 5.41) is 6.89. The Morgan fingerprint density at radius 3 is 2.61 bits per heavy atom. The van der Waals surface area contributed by atoms with Crippen molar-refractivity contribution < 1.29 is 19.4 Å². The second kappa shape index (κ2) is 5.24. The van der Waals surface area contributed by atoms with E-state index in [0.717, 1.165) is 26.1 Å². The molecular formula is C12H20N2O4. The van der Waals surface area contributed by atoms with Crippen LogP contribution >= 0.6 is 0 Å². The van der Waals surface area contributed by atoms with Gasteiger partial charge in [-0.05, 0) is 13.3 Å². The fraction of sp³-hybridized carbons (Fsp3) is 0.833. The second-order valence-electron chi connectivity index (χ2n) is 5.40. The van der Waals surface area contributed by atoms with Crippen LogP contribution in [0, 0.1) is 5.41 Å². The summed E-state index contributed by atoms with van der Waals surface area (Å²) in [6, 6.07) is 0.476. The van der Waals surface area contributed by atoms with Crippen molar-refractivity contribution >= 4 is 12.4 Å². The van der Waals surface area contributed by atoms with E-state index < -0.39 is 0 Å². The highest BCUT2D eigenvalue weighted by Crippen LogP contribution is 2.32. The molecule has 0 radical (unpaired) electrons. The molecule has 3 saturated heterocycles. The lowest BCUT2D eigenvalue weighted by Gasteiger charge is -2.44. The zero-order valence-corrected chi connectivity index (χ0v) is 10.7. The maximum Gasteiger partial charge on any atom is 0.290 e. The Morgan fingerprint density at radius 1 is 1.39 bits per heavy atom. The number of fused-ring (bicyclic) bond motifs is 2. The van der Waals surface area contributed by atoms with Crippen molar-refractivity contribution in [2.45, 2.75) is 19.4 Å². The van der Waals surface area contributed by atoms with E-state index in [-0.39, 0.29) is 11.9 Å². The molecule has 6 heteroatoms. The van der Waals surface area contributed by atoms with Crippen LogP contribution in [0.5, 0.6) is 0 Å². The molecule has 0 aromatic heterocycles. The molecule has 3 aliphatic rings. The van der Waals surface area contributed by atoms with Crippen LogP contribution in [-0.4, -0.2) is 72.7 Å². The maximum atomic E-state index is 12.3. The van der Waals surface area contributed by atoms with E-state index in [0.29, 0.717) is 25.2 Å². The number of hydrogen-bond acceptors (Lipinski definition) is 4. The van der Waals surface area contributed by atoms with Crippen molar-refractivity contribution in [1.82, 2.24) is 9.80 Å². The molecule has 3 aliphatic heterocycles. The minimum absolute atomic E-state index is 0.217. The average molecular weight is 256 g/mol. The second-order valence-corrected chi connectivity index (χ2v) is 5.40. The molecule has 1 amide bonds. The maximum absolute atomic E-state index is 12.3. The highest BCUT2D eigenvalue weighted by molar-refractivity contribution is 5.84. The quantitative estimate of drug-likeness (QED) is 0.649. The van der Waals surface area contributed by atoms with E-state index in [1.54, 1.807) is 0 Å². The van der Waals surface area contributed by atoms with Gasteiger partial charge < -0.3 is 14.7 Å². The lowest BCUT2D eigenvalue weighted by atomic mass is 9.86. The number of nitrogens with zero attached hydrogens (tertiary/aromatic N) is 2. The van der Waals surface area contributed by atoms with Gasteiger partial charge in [0, 0.05) is 32.2 Å². The highest BCUT2D eigenvalue weighted by Gasteiger charge is 2.47. The van der Waals surface area contributed by atoms with Gasteiger partial charge in [-0.1, -0.05) is 0 Å². The van der Waals surface area contributed by atoms with Crippen LogP contribution in [0.2, 0.25) is 0 Å². The first-order chi connectivity index (χ1) is 8.60. The Hall–Kier alpha value is -1.14. The molecule has 6 nitrogen and oxygen atoms in total. The van der Waals surface area contributed by atoms with Crippen molar-refractivity contribution in [3.63, 3.8) is 0 Å². The van der Waals surface area contributed by atoms with Gasteiger partial charge in [0.05, 0.1) is 18.6 Å². The van der Waals surface area contributed by atoms with E-state index in [9.17, 15) is 4.79 Å². The number of carbonyl (C=O) groups excluding carboxylic acids is 1. The Labute approximate surface area is 106 Å². The van der Waals surface area contributed by atoms with Crippen molar-refractivity contribution in [1.29, 1.82) is 0 Å². The number of hydrogen-bond donors (Lipinski definition) is 1. The standard InChI is InChI=1S/C11H18N2O2.CH2O2/c1-11(7-15-8-11)10(14)13-5-4-12-3-2-9(13)6-12;2-1-3/h9H,2-8H2,1H3;1H,(H,2,3). The molecule has 2 bridgehead atoms. The zero-order chi connectivity index (χ0) is 13.2. The fourth-order valence-electron chi connectivity index (χ4n) is 2.85. The summed E-state index contributed by atoms with van der Waals surface area (Å²) >= 11 is 0. The molecule has 0 spiro atoms. The normalized spacial score (nSPS) is 31.9. The number of amides is 1. The minimum Gasteiger partial charge on any atom is -0.483 e. The number of carboxylic acid groups (broad SMARTS) is 1. The van der Waals surface area contributed by atoms with Crippen LogP contribution in [0.25, 0.3) is 0 Å². The molecule has 3 fully saturated rings. The Morgan fingerprint density at radius 2 is 2.06 bits per heavy atom. The average Bonchev–Trinajstić information content (AvgIpc) is 2.69. The Kier molecular flexibility index (Phi) is 3.87. The first-order valence-electron chi connectivity index (χ1n) is 6.30. The van der Waals surface area contributed by atoms with Crippen LogP contribution in [0.1, 0.15) is 13.3 Å². The van der Waals surface area contributed by atoms with Crippen LogP contribution in [0.3, 0.4) is 0 Å². The van der Waals surface area contributed by atoms with Crippen LogP contribution in [0.15, 0.2) is 0 Å². The van der Waals surface area contributed by atoms with Gasteiger partial charge in [0.1, 0.15) is 0 Å². The van der Waals surface area contributed by atoms with Gasteiger partial charge in [-0.25, -0.2) is 0 Å². The number of ether oxygens (including phenoxy) is 1. The van der Waals surface area contributed by atoms with Gasteiger partial charge in [-0.3, -0.25) is 14.5 Å². The predicted octanol–water partition coefficient (Wildman–Crippen LogP) is -0.360. The monoisotopic (exact) mass is 256 g/mol. The van der Waals surface area contributed by atoms with Gasteiger partial charge >= 0.3 is 0 Å². The van der Waals surface area contributed by atoms with Crippen molar-refractivity contribution in [2.24, 2.45) is 5.41 Å². The number of piperazine rings is 1. The van der Waals surface area contributed by atoms with Crippen LogP contribution in [-0.2, 0) is 14.3 Å². The van der Waals surface area contributed by atoms with E-state index in [2.05, 4.69) is 9.80 Å².